The van der Waals surface area contributed by atoms with Crippen molar-refractivity contribution in [3.8, 4) is 0 Å². The first-order chi connectivity index (χ1) is 6.24. The van der Waals surface area contributed by atoms with Crippen LogP contribution in [0.5, 0.6) is 0 Å². The molecule has 6 heteroatoms. The van der Waals surface area contributed by atoms with Gasteiger partial charge in [-0.25, -0.2) is 0 Å². The summed E-state index contributed by atoms with van der Waals surface area (Å²) in [7, 11) is 1.74. The van der Waals surface area contributed by atoms with E-state index in [1.165, 1.54) is 21.3 Å². The minimum absolute atomic E-state index is 0.555. The highest BCUT2D eigenvalue weighted by Crippen LogP contribution is 2.08. The normalized spacial score (nSPS) is 12.0. The predicted octanol–water partition coefficient (Wildman–Crippen LogP) is 0.117. The quantitative estimate of drug-likeness (QED) is 0.454. The van der Waals surface area contributed by atoms with Crippen LogP contribution in [0.1, 0.15) is 12.8 Å². The average molecular weight is 209 g/mol. The van der Waals surface area contributed by atoms with E-state index in [0.29, 0.717) is 13.2 Å². The van der Waals surface area contributed by atoms with E-state index in [9.17, 15) is 0 Å². The van der Waals surface area contributed by atoms with Crippen LogP contribution >= 0.6 is 0 Å². The van der Waals surface area contributed by atoms with Gasteiger partial charge in [0.15, 0.2) is 0 Å². The molecule has 0 aliphatic heterocycles. The first-order valence-electron chi connectivity index (χ1n) is 4.24. The second-order valence-corrected chi connectivity index (χ2v) is 4.97. The predicted molar refractivity (Wildman–Crippen MR) is 51.0 cm³/mol. The Morgan fingerprint density at radius 3 is 1.92 bits per heavy atom. The van der Waals surface area contributed by atoms with E-state index in [1.807, 2.05) is 0 Å². The average Bonchev–Trinajstić information content (AvgIpc) is 2.20. The Kier molecular flexibility index (Phi) is 7.43. The van der Waals surface area contributed by atoms with Crippen LogP contribution in [0, 0.1) is 0 Å². The highest BCUT2D eigenvalue weighted by molar-refractivity contribution is 6.53. The van der Waals surface area contributed by atoms with Gasteiger partial charge >= 0.3 is 9.05 Å². The molecule has 0 spiro atoms. The van der Waals surface area contributed by atoms with Gasteiger partial charge in [0.2, 0.25) is 0 Å². The SMILES string of the molecule is CO[Si](OC)(OC)OCCCCN. The second kappa shape index (κ2) is 7.42. The summed E-state index contributed by atoms with van der Waals surface area (Å²) in [4.78, 5) is 0. The molecule has 0 saturated heterocycles. The molecular formula is C7H19NO4Si. The highest BCUT2D eigenvalue weighted by atomic mass is 28.4. The van der Waals surface area contributed by atoms with Crippen molar-refractivity contribution in [2.75, 3.05) is 34.5 Å². The van der Waals surface area contributed by atoms with E-state index >= 15 is 0 Å². The highest BCUT2D eigenvalue weighted by Gasteiger charge is 2.41. The van der Waals surface area contributed by atoms with Crippen LogP contribution < -0.4 is 5.73 Å². The van der Waals surface area contributed by atoms with Gasteiger partial charge in [0, 0.05) is 27.9 Å². The molecule has 0 aliphatic rings. The molecule has 0 saturated carbocycles. The summed E-state index contributed by atoms with van der Waals surface area (Å²) in [5.41, 5.74) is 5.34. The summed E-state index contributed by atoms with van der Waals surface area (Å²) in [6, 6.07) is 0. The maximum absolute atomic E-state index is 5.40. The van der Waals surface area contributed by atoms with E-state index < -0.39 is 9.05 Å². The van der Waals surface area contributed by atoms with Crippen LogP contribution in [0.3, 0.4) is 0 Å². The first kappa shape index (κ1) is 13.0. The molecule has 0 bridgehead atoms. The van der Waals surface area contributed by atoms with Gasteiger partial charge in [-0.1, -0.05) is 0 Å². The van der Waals surface area contributed by atoms with Crippen molar-refractivity contribution >= 4 is 9.05 Å². The van der Waals surface area contributed by atoms with Gasteiger partial charge in [-0.3, -0.25) is 0 Å². The maximum atomic E-state index is 5.40. The van der Waals surface area contributed by atoms with E-state index in [-0.39, 0.29) is 0 Å². The first-order valence-corrected chi connectivity index (χ1v) is 5.87. The van der Waals surface area contributed by atoms with E-state index in [2.05, 4.69) is 0 Å². The summed E-state index contributed by atoms with van der Waals surface area (Å²) in [5.74, 6) is 0. The smallest absolute Gasteiger partial charge is 0.355 e. The fraction of sp³-hybridized carbons (Fsp3) is 1.00. The Morgan fingerprint density at radius 1 is 1.00 bits per heavy atom. The van der Waals surface area contributed by atoms with Gasteiger partial charge in [-0.05, 0) is 19.4 Å². The Labute approximate surface area is 80.6 Å². The van der Waals surface area contributed by atoms with E-state index in [0.717, 1.165) is 12.8 Å². The molecule has 0 aromatic heterocycles. The molecule has 2 N–H and O–H groups in total. The monoisotopic (exact) mass is 209 g/mol. The van der Waals surface area contributed by atoms with Crippen LogP contribution in [0.4, 0.5) is 0 Å². The number of hydrogen-bond acceptors (Lipinski definition) is 5. The number of hydrogen-bond donors (Lipinski definition) is 1. The molecule has 0 unspecified atom stereocenters. The van der Waals surface area contributed by atoms with Crippen LogP contribution in [-0.4, -0.2) is 43.5 Å². The molecule has 0 aromatic carbocycles. The third-order valence-corrected chi connectivity index (χ3v) is 3.68. The summed E-state index contributed by atoms with van der Waals surface area (Å²) in [6.07, 6.45) is 1.82. The van der Waals surface area contributed by atoms with Gasteiger partial charge in [0.05, 0.1) is 0 Å². The van der Waals surface area contributed by atoms with Gasteiger partial charge < -0.3 is 23.4 Å². The third-order valence-electron chi connectivity index (χ3n) is 1.63. The lowest BCUT2D eigenvalue weighted by atomic mass is 10.3. The molecule has 0 fully saturated rings. The summed E-state index contributed by atoms with van der Waals surface area (Å²) in [5, 5.41) is 0. The lowest BCUT2D eigenvalue weighted by Crippen LogP contribution is -2.46. The molecular weight excluding hydrogens is 190 g/mol. The molecule has 0 amide bonds. The molecule has 0 atom stereocenters. The van der Waals surface area contributed by atoms with Crippen molar-refractivity contribution in [1.29, 1.82) is 0 Å². The van der Waals surface area contributed by atoms with E-state index in [1.54, 1.807) is 0 Å². The van der Waals surface area contributed by atoms with Gasteiger partial charge in [0.25, 0.3) is 0 Å². The fourth-order valence-corrected chi connectivity index (χ4v) is 2.12. The van der Waals surface area contributed by atoms with Crippen molar-refractivity contribution in [2.45, 2.75) is 12.8 Å². The van der Waals surface area contributed by atoms with Crippen LogP contribution in [0.25, 0.3) is 0 Å². The molecule has 0 aliphatic carbocycles. The van der Waals surface area contributed by atoms with Crippen LogP contribution in [-0.2, 0) is 17.7 Å². The number of unbranched alkanes of at least 4 members (excludes halogenated alkanes) is 1. The van der Waals surface area contributed by atoms with Gasteiger partial charge in [-0.15, -0.1) is 0 Å². The largest absolute Gasteiger partial charge is 0.678 e. The minimum atomic E-state index is -2.81. The molecule has 13 heavy (non-hydrogen) atoms. The number of rotatable bonds is 8. The van der Waals surface area contributed by atoms with Crippen molar-refractivity contribution in [2.24, 2.45) is 5.73 Å². The lowest BCUT2D eigenvalue weighted by molar-refractivity contribution is 0.00522. The molecule has 0 radical (unpaired) electrons. The van der Waals surface area contributed by atoms with Gasteiger partial charge in [-0.2, -0.15) is 0 Å². The van der Waals surface area contributed by atoms with Crippen LogP contribution in [0.2, 0.25) is 0 Å². The fourth-order valence-electron chi connectivity index (χ4n) is 0.870. The Balaban J connectivity index is 3.68. The molecule has 80 valence electrons. The lowest BCUT2D eigenvalue weighted by Gasteiger charge is -2.22. The molecule has 5 nitrogen and oxygen atoms in total. The standard InChI is InChI=1S/C7H19NO4Si/c1-9-13(10-2,11-3)12-7-5-4-6-8/h4-8H2,1-3H3. The Morgan fingerprint density at radius 2 is 1.54 bits per heavy atom. The third kappa shape index (κ3) is 4.70. The summed E-state index contributed by atoms with van der Waals surface area (Å²) >= 11 is 0. The van der Waals surface area contributed by atoms with Crippen molar-refractivity contribution in [3.05, 3.63) is 0 Å². The minimum Gasteiger partial charge on any atom is -0.355 e. The molecule has 0 heterocycles. The van der Waals surface area contributed by atoms with Gasteiger partial charge in [0.1, 0.15) is 0 Å². The topological polar surface area (TPSA) is 62.9 Å². The Bertz CT molecular complexity index is 113. The zero-order valence-electron chi connectivity index (χ0n) is 8.54. The summed E-state index contributed by atoms with van der Waals surface area (Å²) in [6.45, 7) is 1.23. The molecule has 0 rings (SSSR count). The second-order valence-electron chi connectivity index (χ2n) is 2.46. The van der Waals surface area contributed by atoms with Crippen molar-refractivity contribution in [1.82, 2.24) is 0 Å². The van der Waals surface area contributed by atoms with Crippen molar-refractivity contribution in [3.63, 3.8) is 0 Å². The van der Waals surface area contributed by atoms with E-state index in [4.69, 9.17) is 23.4 Å². The van der Waals surface area contributed by atoms with Crippen LogP contribution in [0.15, 0.2) is 0 Å². The van der Waals surface area contributed by atoms with Crippen molar-refractivity contribution < 1.29 is 17.7 Å². The maximum Gasteiger partial charge on any atom is 0.678 e. The number of nitrogens with two attached hydrogens (primary N) is 1. The Hall–Kier alpha value is 0.0169. The summed E-state index contributed by atoms with van der Waals surface area (Å²) < 4.78 is 20.6. The zero-order valence-corrected chi connectivity index (χ0v) is 9.54. The zero-order chi connectivity index (χ0) is 10.2. The molecule has 0 aromatic rings.